The Morgan fingerprint density at radius 1 is 0.667 bits per heavy atom. The van der Waals surface area contributed by atoms with Crippen LogP contribution in [0.25, 0.3) is 44.8 Å². The lowest BCUT2D eigenvalue weighted by molar-refractivity contribution is -0.0299. The highest BCUT2D eigenvalue weighted by Crippen LogP contribution is 2.31. The van der Waals surface area contributed by atoms with Gasteiger partial charge in [0.1, 0.15) is 47.5 Å². The molecule has 48 heavy (non-hydrogen) atoms. The maximum atomic E-state index is 8.78. The van der Waals surface area contributed by atoms with E-state index in [9.17, 15) is 0 Å². The average molecular weight is 643 g/mol. The minimum absolute atomic E-state index is 0.00417. The number of imidazole rings is 2. The van der Waals surface area contributed by atoms with Gasteiger partial charge < -0.3 is 15.2 Å². The molecule has 12 heteroatoms. The van der Waals surface area contributed by atoms with E-state index in [0.717, 1.165) is 102 Å². The van der Waals surface area contributed by atoms with E-state index < -0.39 is 0 Å². The van der Waals surface area contributed by atoms with Crippen LogP contribution < -0.4 is 5.73 Å². The zero-order valence-electron chi connectivity index (χ0n) is 26.8. The van der Waals surface area contributed by atoms with Crippen LogP contribution in [0.2, 0.25) is 0 Å². The second-order valence-corrected chi connectivity index (χ2v) is 12.0. The average Bonchev–Trinajstić information content (AvgIpc) is 3.79. The van der Waals surface area contributed by atoms with Crippen molar-refractivity contribution in [3.8, 4) is 28.6 Å². The largest absolute Gasteiger partial charge is 0.358 e. The summed E-state index contributed by atoms with van der Waals surface area (Å²) in [7, 11) is 0. The summed E-state index contributed by atoms with van der Waals surface area (Å²) >= 11 is 0. The Morgan fingerprint density at radius 3 is 1.60 bits per heavy atom. The van der Waals surface area contributed by atoms with Crippen LogP contribution in [-0.4, -0.2) is 58.8 Å². The lowest BCUT2D eigenvalue weighted by Gasteiger charge is -2.23. The predicted molar refractivity (Wildman–Crippen MR) is 181 cm³/mol. The lowest BCUT2D eigenvalue weighted by atomic mass is 10.1. The quantitative estimate of drug-likeness (QED) is 0.221. The number of hydrogen-bond donors (Lipinski definition) is 1. The standard InChI is InChI=1S/C18H21N5O.C18H17N5O/c2*19-9-8-13-4-6-14(7-5-13)16-17-18(21-11-20-16)23(12-22-17)15-3-1-2-10-24-15/h4-7,11-12,15H,1-3,8-10,19H2;4-7,11-12,15H,1-3,8,10H2. The molecule has 2 N–H and O–H groups in total. The molecule has 2 atom stereocenters. The van der Waals surface area contributed by atoms with Gasteiger partial charge in [-0.2, -0.15) is 5.26 Å². The number of hydrogen-bond acceptors (Lipinski definition) is 10. The van der Waals surface area contributed by atoms with E-state index in [0.29, 0.717) is 13.0 Å². The van der Waals surface area contributed by atoms with E-state index in [1.54, 1.807) is 19.0 Å². The number of nitrogens with zero attached hydrogens (tertiary/aromatic N) is 9. The maximum Gasteiger partial charge on any atom is 0.165 e. The van der Waals surface area contributed by atoms with Crippen molar-refractivity contribution in [1.29, 1.82) is 5.26 Å². The van der Waals surface area contributed by atoms with Crippen molar-refractivity contribution in [3.63, 3.8) is 0 Å². The molecule has 2 aliphatic heterocycles. The van der Waals surface area contributed by atoms with Crippen LogP contribution in [0.5, 0.6) is 0 Å². The van der Waals surface area contributed by atoms with E-state index in [1.165, 1.54) is 12.0 Å². The molecule has 0 aliphatic carbocycles. The van der Waals surface area contributed by atoms with Gasteiger partial charge in [-0.1, -0.05) is 48.5 Å². The zero-order chi connectivity index (χ0) is 32.7. The van der Waals surface area contributed by atoms with Gasteiger partial charge in [0, 0.05) is 24.3 Å². The molecule has 8 rings (SSSR count). The van der Waals surface area contributed by atoms with Crippen molar-refractivity contribution in [1.82, 2.24) is 39.0 Å². The van der Waals surface area contributed by atoms with Crippen LogP contribution in [-0.2, 0) is 22.3 Å². The lowest BCUT2D eigenvalue weighted by Crippen LogP contribution is -2.17. The third-order valence-corrected chi connectivity index (χ3v) is 8.82. The van der Waals surface area contributed by atoms with E-state index in [1.807, 2.05) is 39.7 Å². The number of nitriles is 1. The maximum absolute atomic E-state index is 8.78. The molecule has 4 aromatic heterocycles. The minimum atomic E-state index is 0.00417. The van der Waals surface area contributed by atoms with Gasteiger partial charge in [-0.15, -0.1) is 0 Å². The molecule has 2 fully saturated rings. The van der Waals surface area contributed by atoms with Crippen LogP contribution in [0.3, 0.4) is 0 Å². The summed E-state index contributed by atoms with van der Waals surface area (Å²) in [6.07, 6.45) is 14.7. The van der Waals surface area contributed by atoms with Gasteiger partial charge in [0.2, 0.25) is 0 Å². The molecule has 0 radical (unpaired) electrons. The molecule has 244 valence electrons. The van der Waals surface area contributed by atoms with Crippen molar-refractivity contribution < 1.29 is 9.47 Å². The number of rotatable bonds is 7. The Kier molecular flexibility index (Phi) is 9.70. The summed E-state index contributed by atoms with van der Waals surface area (Å²) < 4.78 is 15.8. The fourth-order valence-electron chi connectivity index (χ4n) is 6.30. The predicted octanol–water partition coefficient (Wildman–Crippen LogP) is 5.95. The summed E-state index contributed by atoms with van der Waals surface area (Å²) in [4.78, 5) is 26.8. The molecule has 2 saturated heterocycles. The summed E-state index contributed by atoms with van der Waals surface area (Å²) in [6.45, 7) is 2.23. The number of benzene rings is 2. The molecule has 0 saturated carbocycles. The Hall–Kier alpha value is -5.09. The number of aromatic nitrogens is 8. The molecule has 2 aromatic carbocycles. The number of nitrogens with two attached hydrogens (primary N) is 1. The molecule has 2 unspecified atom stereocenters. The molecule has 0 spiro atoms. The normalized spacial score (nSPS) is 17.9. The zero-order valence-corrected chi connectivity index (χ0v) is 26.8. The first-order valence-electron chi connectivity index (χ1n) is 16.6. The van der Waals surface area contributed by atoms with Gasteiger partial charge in [0.15, 0.2) is 11.3 Å². The van der Waals surface area contributed by atoms with Crippen molar-refractivity contribution in [2.24, 2.45) is 5.73 Å². The Labute approximate surface area is 278 Å². The van der Waals surface area contributed by atoms with Gasteiger partial charge >= 0.3 is 0 Å². The Balaban J connectivity index is 0.000000152. The molecular formula is C36H38N10O2. The molecule has 6 heterocycles. The molecule has 2 aliphatic rings. The third kappa shape index (κ3) is 6.66. The first-order chi connectivity index (χ1) is 23.7. The van der Waals surface area contributed by atoms with Crippen molar-refractivity contribution in [3.05, 3.63) is 85.0 Å². The van der Waals surface area contributed by atoms with E-state index in [-0.39, 0.29) is 12.5 Å². The highest BCUT2D eigenvalue weighted by molar-refractivity contribution is 5.88. The number of ether oxygens (including phenoxy) is 2. The fourth-order valence-corrected chi connectivity index (χ4v) is 6.30. The summed E-state index contributed by atoms with van der Waals surface area (Å²) in [5.41, 5.74) is 14.7. The van der Waals surface area contributed by atoms with E-state index in [4.69, 9.17) is 20.5 Å². The van der Waals surface area contributed by atoms with Gasteiger partial charge in [0.25, 0.3) is 0 Å². The molecular weight excluding hydrogens is 604 g/mol. The third-order valence-electron chi connectivity index (χ3n) is 8.82. The van der Waals surface area contributed by atoms with Gasteiger partial charge in [-0.05, 0) is 62.6 Å². The SMILES string of the molecule is N#CCc1ccc(-c2ncnc3c2ncn3C2CCCCO2)cc1.NCCc1ccc(-c2ncnc3c2ncn3C2CCCCO2)cc1. The van der Waals surface area contributed by atoms with Crippen molar-refractivity contribution >= 4 is 22.3 Å². The molecule has 0 amide bonds. The van der Waals surface area contributed by atoms with Crippen LogP contribution in [0.15, 0.2) is 73.8 Å². The molecule has 6 aromatic rings. The van der Waals surface area contributed by atoms with Gasteiger partial charge in [-0.3, -0.25) is 9.13 Å². The van der Waals surface area contributed by atoms with Crippen LogP contribution >= 0.6 is 0 Å². The second kappa shape index (κ2) is 14.8. The van der Waals surface area contributed by atoms with Crippen molar-refractivity contribution in [2.75, 3.05) is 19.8 Å². The smallest absolute Gasteiger partial charge is 0.165 e. The number of fused-ring (bicyclic) bond motifs is 2. The van der Waals surface area contributed by atoms with Crippen LogP contribution in [0, 0.1) is 11.3 Å². The summed E-state index contributed by atoms with van der Waals surface area (Å²) in [5, 5.41) is 8.78. The topological polar surface area (TPSA) is 155 Å². The summed E-state index contributed by atoms with van der Waals surface area (Å²) in [6, 6.07) is 18.3. The minimum Gasteiger partial charge on any atom is -0.358 e. The molecule has 0 bridgehead atoms. The van der Waals surface area contributed by atoms with Crippen LogP contribution in [0.4, 0.5) is 0 Å². The first-order valence-corrected chi connectivity index (χ1v) is 16.6. The van der Waals surface area contributed by atoms with Gasteiger partial charge in [-0.25, -0.2) is 29.9 Å². The Morgan fingerprint density at radius 2 is 1.17 bits per heavy atom. The second-order valence-electron chi connectivity index (χ2n) is 12.0. The highest BCUT2D eigenvalue weighted by Gasteiger charge is 2.22. The molecule has 12 nitrogen and oxygen atoms in total. The first kappa shape index (κ1) is 31.5. The van der Waals surface area contributed by atoms with Crippen LogP contribution in [0.1, 0.15) is 62.1 Å². The Bertz CT molecular complexity index is 2000. The van der Waals surface area contributed by atoms with E-state index >= 15 is 0 Å². The highest BCUT2D eigenvalue weighted by atomic mass is 16.5. The fraction of sp³-hybridized carbons (Fsp3) is 0.361. The summed E-state index contributed by atoms with van der Waals surface area (Å²) in [5.74, 6) is 0. The van der Waals surface area contributed by atoms with Crippen molar-refractivity contribution in [2.45, 2.75) is 63.8 Å². The van der Waals surface area contributed by atoms with Gasteiger partial charge in [0.05, 0.1) is 25.1 Å². The monoisotopic (exact) mass is 642 g/mol. The van der Waals surface area contributed by atoms with E-state index in [2.05, 4.69) is 60.2 Å².